The molecule has 4 rings (SSSR count). The van der Waals surface area contributed by atoms with Gasteiger partial charge < -0.3 is 4.90 Å². The molecule has 0 bridgehead atoms. The Morgan fingerprint density at radius 3 is 2.37 bits per heavy atom. The molecule has 4 unspecified atom stereocenters. The van der Waals surface area contributed by atoms with Crippen molar-refractivity contribution in [1.29, 1.82) is 0 Å². The predicted octanol–water partition coefficient (Wildman–Crippen LogP) is 3.60. The van der Waals surface area contributed by atoms with Gasteiger partial charge in [0.05, 0.1) is 0 Å². The second kappa shape index (κ2) is 4.79. The highest BCUT2D eigenvalue weighted by atomic mass is 16.2. The van der Waals surface area contributed by atoms with E-state index >= 15 is 0 Å². The van der Waals surface area contributed by atoms with Gasteiger partial charge in [0.1, 0.15) is 0 Å². The monoisotopic (exact) mass is 261 g/mol. The summed E-state index contributed by atoms with van der Waals surface area (Å²) in [5, 5.41) is 0. The van der Waals surface area contributed by atoms with Crippen LogP contribution < -0.4 is 0 Å². The summed E-state index contributed by atoms with van der Waals surface area (Å²) in [4.78, 5) is 14.9. The van der Waals surface area contributed by atoms with Crippen molar-refractivity contribution in [3.8, 4) is 0 Å². The van der Waals surface area contributed by atoms with Crippen molar-refractivity contribution >= 4 is 5.91 Å². The van der Waals surface area contributed by atoms with E-state index in [0.717, 1.165) is 24.3 Å². The second-order valence-corrected chi connectivity index (χ2v) is 7.43. The summed E-state index contributed by atoms with van der Waals surface area (Å²) in [6, 6.07) is 0.654. The molecule has 106 valence electrons. The number of rotatable bonds is 1. The first-order valence-corrected chi connectivity index (χ1v) is 8.67. The van der Waals surface area contributed by atoms with Gasteiger partial charge in [0.15, 0.2) is 0 Å². The van der Waals surface area contributed by atoms with Crippen LogP contribution in [0, 0.1) is 23.7 Å². The Kier molecular flexibility index (Phi) is 3.08. The maximum Gasteiger partial charge on any atom is 0.226 e. The number of hydrogen-bond acceptors (Lipinski definition) is 1. The highest BCUT2D eigenvalue weighted by molar-refractivity contribution is 5.82. The largest absolute Gasteiger partial charge is 0.339 e. The first kappa shape index (κ1) is 12.2. The van der Waals surface area contributed by atoms with Gasteiger partial charge in [-0.25, -0.2) is 0 Å². The third-order valence-electron chi connectivity index (χ3n) is 6.62. The van der Waals surface area contributed by atoms with Crippen LogP contribution in [0.4, 0.5) is 0 Å². The van der Waals surface area contributed by atoms with Crippen LogP contribution >= 0.6 is 0 Å². The van der Waals surface area contributed by atoms with Crippen molar-refractivity contribution in [1.82, 2.24) is 4.90 Å². The van der Waals surface area contributed by atoms with Crippen molar-refractivity contribution in [3.05, 3.63) is 0 Å². The van der Waals surface area contributed by atoms with Gasteiger partial charge >= 0.3 is 0 Å². The zero-order valence-corrected chi connectivity index (χ0v) is 12.0. The molecule has 4 atom stereocenters. The van der Waals surface area contributed by atoms with Crippen LogP contribution in [-0.2, 0) is 4.79 Å². The maximum atomic E-state index is 12.6. The van der Waals surface area contributed by atoms with Crippen molar-refractivity contribution in [2.24, 2.45) is 23.7 Å². The Bertz CT molecular complexity index is 360. The zero-order chi connectivity index (χ0) is 12.8. The standard InChI is InChI=1S/C17H27NO/c19-17-15-9-5-4-8-14(15)16-13(10-11-18(16)17)12-6-2-1-3-7-12/h12-16H,1-11H2. The Hall–Kier alpha value is -0.530. The topological polar surface area (TPSA) is 20.3 Å². The van der Waals surface area contributed by atoms with Crippen molar-refractivity contribution in [2.75, 3.05) is 6.54 Å². The number of carbonyl (C=O) groups excluding carboxylic acids is 1. The molecule has 0 aromatic carbocycles. The van der Waals surface area contributed by atoms with Gasteiger partial charge in [0.2, 0.25) is 5.91 Å². The molecular formula is C17H27NO. The molecule has 4 fully saturated rings. The predicted molar refractivity (Wildman–Crippen MR) is 75.6 cm³/mol. The summed E-state index contributed by atoms with van der Waals surface area (Å²) in [6.45, 7) is 1.08. The Morgan fingerprint density at radius 1 is 0.789 bits per heavy atom. The van der Waals surface area contributed by atoms with E-state index in [-0.39, 0.29) is 0 Å². The van der Waals surface area contributed by atoms with Crippen molar-refractivity contribution in [3.63, 3.8) is 0 Å². The molecule has 2 aliphatic carbocycles. The summed E-state index contributed by atoms with van der Waals surface area (Å²) >= 11 is 0. The lowest BCUT2D eigenvalue weighted by molar-refractivity contribution is -0.131. The van der Waals surface area contributed by atoms with Crippen LogP contribution in [0.25, 0.3) is 0 Å². The third-order valence-corrected chi connectivity index (χ3v) is 6.62. The highest BCUT2D eigenvalue weighted by Gasteiger charge is 2.55. The van der Waals surface area contributed by atoms with E-state index in [1.54, 1.807) is 0 Å². The lowest BCUT2D eigenvalue weighted by Gasteiger charge is -2.35. The molecule has 0 radical (unpaired) electrons. The highest BCUT2D eigenvalue weighted by Crippen LogP contribution is 2.51. The lowest BCUT2D eigenvalue weighted by atomic mass is 9.69. The first-order chi connectivity index (χ1) is 9.36. The van der Waals surface area contributed by atoms with Gasteiger partial charge in [0, 0.05) is 18.5 Å². The number of hydrogen-bond donors (Lipinski definition) is 0. The molecule has 1 amide bonds. The van der Waals surface area contributed by atoms with Gasteiger partial charge in [-0.2, -0.15) is 0 Å². The summed E-state index contributed by atoms with van der Waals surface area (Å²) < 4.78 is 0. The molecule has 2 saturated carbocycles. The third kappa shape index (κ3) is 1.86. The molecule has 4 aliphatic rings. The maximum absolute atomic E-state index is 12.6. The fourth-order valence-electron chi connectivity index (χ4n) is 5.81. The molecule has 2 saturated heterocycles. The van der Waals surface area contributed by atoms with Gasteiger partial charge in [-0.05, 0) is 37.0 Å². The lowest BCUT2D eigenvalue weighted by Crippen LogP contribution is -2.36. The van der Waals surface area contributed by atoms with Crippen LogP contribution in [0.15, 0.2) is 0 Å². The van der Waals surface area contributed by atoms with Gasteiger partial charge in [-0.3, -0.25) is 4.79 Å². The molecule has 0 spiro atoms. The van der Waals surface area contributed by atoms with Gasteiger partial charge in [0.25, 0.3) is 0 Å². The minimum atomic E-state index is 0.421. The van der Waals surface area contributed by atoms with E-state index in [1.807, 2.05) is 0 Å². The van der Waals surface area contributed by atoms with Crippen LogP contribution in [-0.4, -0.2) is 23.4 Å². The van der Waals surface area contributed by atoms with E-state index in [9.17, 15) is 4.79 Å². The number of fused-ring (bicyclic) bond motifs is 3. The van der Waals surface area contributed by atoms with E-state index < -0.39 is 0 Å². The summed E-state index contributed by atoms with van der Waals surface area (Å²) in [5.74, 6) is 3.49. The molecule has 0 N–H and O–H groups in total. The average molecular weight is 261 g/mol. The van der Waals surface area contributed by atoms with Gasteiger partial charge in [-0.1, -0.05) is 44.9 Å². The number of carbonyl (C=O) groups is 1. The fourth-order valence-corrected chi connectivity index (χ4v) is 5.81. The number of nitrogens with zero attached hydrogens (tertiary/aromatic N) is 1. The normalized spacial score (nSPS) is 43.4. The molecule has 0 aromatic heterocycles. The van der Waals surface area contributed by atoms with Crippen LogP contribution in [0.5, 0.6) is 0 Å². The van der Waals surface area contributed by atoms with Crippen LogP contribution in [0.1, 0.15) is 64.2 Å². The molecule has 2 aliphatic heterocycles. The molecule has 19 heavy (non-hydrogen) atoms. The molecule has 2 heteroatoms. The summed E-state index contributed by atoms with van der Waals surface area (Å²) in [6.07, 6.45) is 13.7. The Morgan fingerprint density at radius 2 is 1.53 bits per heavy atom. The number of amides is 1. The quantitative estimate of drug-likeness (QED) is 0.706. The first-order valence-electron chi connectivity index (χ1n) is 8.67. The molecular weight excluding hydrogens is 234 g/mol. The minimum Gasteiger partial charge on any atom is -0.339 e. The molecule has 0 aromatic rings. The Balaban J connectivity index is 1.57. The zero-order valence-electron chi connectivity index (χ0n) is 12.0. The van der Waals surface area contributed by atoms with E-state index in [2.05, 4.69) is 4.90 Å². The smallest absolute Gasteiger partial charge is 0.226 e. The second-order valence-electron chi connectivity index (χ2n) is 7.43. The minimum absolute atomic E-state index is 0.421. The molecule has 2 nitrogen and oxygen atoms in total. The van der Waals surface area contributed by atoms with Crippen molar-refractivity contribution < 1.29 is 4.79 Å². The fraction of sp³-hybridized carbons (Fsp3) is 0.941. The van der Waals surface area contributed by atoms with Crippen LogP contribution in [0.2, 0.25) is 0 Å². The van der Waals surface area contributed by atoms with Gasteiger partial charge in [-0.15, -0.1) is 0 Å². The van der Waals surface area contributed by atoms with Crippen LogP contribution in [0.3, 0.4) is 0 Å². The summed E-state index contributed by atoms with van der Waals surface area (Å²) in [5.41, 5.74) is 0. The van der Waals surface area contributed by atoms with E-state index in [1.165, 1.54) is 64.2 Å². The summed E-state index contributed by atoms with van der Waals surface area (Å²) in [7, 11) is 0. The van der Waals surface area contributed by atoms with E-state index in [4.69, 9.17) is 0 Å². The Labute approximate surface area is 116 Å². The SMILES string of the molecule is O=C1C2CCCCC2C2C(C3CCCCC3)CCN12. The molecule has 2 heterocycles. The van der Waals surface area contributed by atoms with E-state index in [0.29, 0.717) is 17.9 Å². The average Bonchev–Trinajstić information content (AvgIpc) is 3.02. The van der Waals surface area contributed by atoms with Crippen molar-refractivity contribution in [2.45, 2.75) is 70.3 Å².